The van der Waals surface area contributed by atoms with Gasteiger partial charge in [-0.15, -0.1) is 0 Å². The van der Waals surface area contributed by atoms with Crippen LogP contribution in [0.2, 0.25) is 0 Å². The fourth-order valence-electron chi connectivity index (χ4n) is 1.72. The van der Waals surface area contributed by atoms with Gasteiger partial charge in [0.15, 0.2) is 0 Å². The SMILES string of the molecule is Cc1cc(C)c(NC(=O)NCCN)c(C)c1. The Morgan fingerprint density at radius 1 is 1.25 bits per heavy atom. The van der Waals surface area contributed by atoms with Gasteiger partial charge in [0.25, 0.3) is 0 Å². The molecule has 1 aromatic carbocycles. The number of hydrogen-bond acceptors (Lipinski definition) is 2. The lowest BCUT2D eigenvalue weighted by molar-refractivity contribution is 0.252. The average molecular weight is 221 g/mol. The Bertz CT molecular complexity index is 365. The van der Waals surface area contributed by atoms with E-state index in [9.17, 15) is 4.79 Å². The number of aryl methyl sites for hydroxylation is 3. The molecule has 0 saturated carbocycles. The van der Waals surface area contributed by atoms with E-state index in [1.54, 1.807) is 0 Å². The zero-order valence-corrected chi connectivity index (χ0v) is 10.1. The summed E-state index contributed by atoms with van der Waals surface area (Å²) in [4.78, 5) is 11.5. The fourth-order valence-corrected chi connectivity index (χ4v) is 1.72. The molecule has 0 radical (unpaired) electrons. The van der Waals surface area contributed by atoms with Crippen molar-refractivity contribution in [1.82, 2.24) is 5.32 Å². The van der Waals surface area contributed by atoms with E-state index in [1.165, 1.54) is 5.56 Å². The van der Waals surface area contributed by atoms with Crippen molar-refractivity contribution in [1.29, 1.82) is 0 Å². The van der Waals surface area contributed by atoms with E-state index >= 15 is 0 Å². The Morgan fingerprint density at radius 2 is 1.81 bits per heavy atom. The van der Waals surface area contributed by atoms with E-state index in [0.717, 1.165) is 16.8 Å². The first-order chi connectivity index (χ1) is 7.54. The molecule has 4 nitrogen and oxygen atoms in total. The predicted molar refractivity (Wildman–Crippen MR) is 66.7 cm³/mol. The van der Waals surface area contributed by atoms with Crippen LogP contribution < -0.4 is 16.4 Å². The summed E-state index contributed by atoms with van der Waals surface area (Å²) in [5.41, 5.74) is 9.52. The summed E-state index contributed by atoms with van der Waals surface area (Å²) in [6.07, 6.45) is 0. The van der Waals surface area contributed by atoms with Crippen molar-refractivity contribution < 1.29 is 4.79 Å². The molecule has 4 N–H and O–H groups in total. The van der Waals surface area contributed by atoms with Crippen LogP contribution in [0.1, 0.15) is 16.7 Å². The minimum Gasteiger partial charge on any atom is -0.337 e. The van der Waals surface area contributed by atoms with E-state index < -0.39 is 0 Å². The molecule has 16 heavy (non-hydrogen) atoms. The summed E-state index contributed by atoms with van der Waals surface area (Å²) in [7, 11) is 0. The molecule has 2 amide bonds. The topological polar surface area (TPSA) is 67.2 Å². The molecule has 0 saturated heterocycles. The largest absolute Gasteiger partial charge is 0.337 e. The molecule has 88 valence electrons. The third kappa shape index (κ3) is 3.24. The molecule has 1 rings (SSSR count). The molecule has 0 aromatic heterocycles. The Kier molecular flexibility index (Phi) is 4.31. The number of nitrogens with two attached hydrogens (primary N) is 1. The highest BCUT2D eigenvalue weighted by Gasteiger charge is 2.06. The van der Waals surface area contributed by atoms with E-state index in [0.29, 0.717) is 13.1 Å². The van der Waals surface area contributed by atoms with E-state index in [4.69, 9.17) is 5.73 Å². The summed E-state index contributed by atoms with van der Waals surface area (Å²) in [6.45, 7) is 6.93. The van der Waals surface area contributed by atoms with E-state index in [1.807, 2.05) is 32.9 Å². The molecule has 0 spiro atoms. The Labute approximate surface area is 96.2 Å². The molecule has 0 aliphatic heterocycles. The maximum absolute atomic E-state index is 11.5. The summed E-state index contributed by atoms with van der Waals surface area (Å²) >= 11 is 0. The van der Waals surface area contributed by atoms with E-state index in [-0.39, 0.29) is 6.03 Å². The molecular formula is C12H19N3O. The number of anilines is 1. The van der Waals surface area contributed by atoms with Crippen LogP contribution in [0.15, 0.2) is 12.1 Å². The van der Waals surface area contributed by atoms with Gasteiger partial charge in [-0.25, -0.2) is 4.79 Å². The molecule has 0 atom stereocenters. The van der Waals surface area contributed by atoms with Crippen molar-refractivity contribution in [3.63, 3.8) is 0 Å². The molecule has 0 aliphatic rings. The fraction of sp³-hybridized carbons (Fsp3) is 0.417. The van der Waals surface area contributed by atoms with Crippen LogP contribution in [0.5, 0.6) is 0 Å². The third-order valence-corrected chi connectivity index (χ3v) is 2.35. The lowest BCUT2D eigenvalue weighted by atomic mass is 10.1. The maximum atomic E-state index is 11.5. The van der Waals surface area contributed by atoms with Gasteiger partial charge >= 0.3 is 6.03 Å². The van der Waals surface area contributed by atoms with Crippen LogP contribution in [0.25, 0.3) is 0 Å². The minimum absolute atomic E-state index is 0.208. The smallest absolute Gasteiger partial charge is 0.319 e. The number of benzene rings is 1. The number of hydrogen-bond donors (Lipinski definition) is 3. The Hall–Kier alpha value is -1.55. The highest BCUT2D eigenvalue weighted by atomic mass is 16.2. The van der Waals surface area contributed by atoms with Crippen LogP contribution in [0, 0.1) is 20.8 Å². The second-order valence-corrected chi connectivity index (χ2v) is 3.94. The van der Waals surface area contributed by atoms with Gasteiger partial charge in [0.2, 0.25) is 0 Å². The number of carbonyl (C=O) groups is 1. The van der Waals surface area contributed by atoms with Gasteiger partial charge < -0.3 is 16.4 Å². The summed E-state index contributed by atoms with van der Waals surface area (Å²) in [5.74, 6) is 0. The second kappa shape index (κ2) is 5.51. The van der Waals surface area contributed by atoms with Crippen molar-refractivity contribution in [2.24, 2.45) is 5.73 Å². The van der Waals surface area contributed by atoms with E-state index in [2.05, 4.69) is 10.6 Å². The molecule has 0 bridgehead atoms. The van der Waals surface area contributed by atoms with Gasteiger partial charge in [0.05, 0.1) is 0 Å². The van der Waals surface area contributed by atoms with Crippen LogP contribution in [-0.4, -0.2) is 19.1 Å². The van der Waals surface area contributed by atoms with Crippen molar-refractivity contribution in [2.75, 3.05) is 18.4 Å². The zero-order valence-electron chi connectivity index (χ0n) is 10.1. The third-order valence-electron chi connectivity index (χ3n) is 2.35. The molecule has 0 unspecified atom stereocenters. The standard InChI is InChI=1S/C12H19N3O/c1-8-6-9(2)11(10(3)7-8)15-12(16)14-5-4-13/h6-7H,4-5,13H2,1-3H3,(H2,14,15,16). The normalized spacial score (nSPS) is 10.0. The highest BCUT2D eigenvalue weighted by Crippen LogP contribution is 2.21. The monoisotopic (exact) mass is 221 g/mol. The number of carbonyl (C=O) groups excluding carboxylic acids is 1. The first-order valence-electron chi connectivity index (χ1n) is 5.37. The predicted octanol–water partition coefficient (Wildman–Crippen LogP) is 1.69. The van der Waals surface area contributed by atoms with Crippen LogP contribution in [-0.2, 0) is 0 Å². The molecule has 1 aromatic rings. The maximum Gasteiger partial charge on any atom is 0.319 e. The van der Waals surface area contributed by atoms with Crippen molar-refractivity contribution in [3.05, 3.63) is 28.8 Å². The number of urea groups is 1. The molecule has 0 heterocycles. The highest BCUT2D eigenvalue weighted by molar-refractivity contribution is 5.91. The first kappa shape index (κ1) is 12.5. The van der Waals surface area contributed by atoms with Gasteiger partial charge in [-0.2, -0.15) is 0 Å². The summed E-state index contributed by atoms with van der Waals surface area (Å²) < 4.78 is 0. The lowest BCUT2D eigenvalue weighted by Crippen LogP contribution is -2.33. The number of nitrogens with one attached hydrogen (secondary N) is 2. The lowest BCUT2D eigenvalue weighted by Gasteiger charge is -2.13. The average Bonchev–Trinajstić information content (AvgIpc) is 2.20. The van der Waals surface area contributed by atoms with Gasteiger partial charge in [-0.05, 0) is 31.9 Å². The minimum atomic E-state index is -0.208. The number of amides is 2. The van der Waals surface area contributed by atoms with Crippen molar-refractivity contribution in [3.8, 4) is 0 Å². The van der Waals surface area contributed by atoms with Crippen molar-refractivity contribution in [2.45, 2.75) is 20.8 Å². The van der Waals surface area contributed by atoms with Gasteiger partial charge in [-0.1, -0.05) is 17.7 Å². The van der Waals surface area contributed by atoms with Gasteiger partial charge in [0.1, 0.15) is 0 Å². The van der Waals surface area contributed by atoms with Crippen LogP contribution in [0.3, 0.4) is 0 Å². The second-order valence-electron chi connectivity index (χ2n) is 3.94. The molecular weight excluding hydrogens is 202 g/mol. The summed E-state index contributed by atoms with van der Waals surface area (Å²) in [6, 6.07) is 3.89. The Balaban J connectivity index is 2.77. The summed E-state index contributed by atoms with van der Waals surface area (Å²) in [5, 5.41) is 5.51. The van der Waals surface area contributed by atoms with Gasteiger partial charge in [0, 0.05) is 18.8 Å². The molecule has 0 aliphatic carbocycles. The van der Waals surface area contributed by atoms with Crippen LogP contribution >= 0.6 is 0 Å². The number of rotatable bonds is 3. The van der Waals surface area contributed by atoms with Crippen LogP contribution in [0.4, 0.5) is 10.5 Å². The quantitative estimate of drug-likeness (QED) is 0.727. The van der Waals surface area contributed by atoms with Crippen molar-refractivity contribution >= 4 is 11.7 Å². The van der Waals surface area contributed by atoms with Gasteiger partial charge in [-0.3, -0.25) is 0 Å². The molecule has 0 fully saturated rings. The zero-order chi connectivity index (χ0) is 12.1. The molecule has 4 heteroatoms. The first-order valence-corrected chi connectivity index (χ1v) is 5.37. The Morgan fingerprint density at radius 3 is 2.31 bits per heavy atom.